The lowest BCUT2D eigenvalue weighted by molar-refractivity contribution is 0.00578. The minimum absolute atomic E-state index is 0.213. The Bertz CT molecular complexity index is 842. The van der Waals surface area contributed by atoms with Gasteiger partial charge in [0.25, 0.3) is 5.91 Å². The summed E-state index contributed by atoms with van der Waals surface area (Å²) in [6.07, 6.45) is 1.82. The zero-order valence-corrected chi connectivity index (χ0v) is 16.5. The van der Waals surface area contributed by atoms with E-state index in [-0.39, 0.29) is 17.1 Å². The molecule has 1 saturated heterocycles. The van der Waals surface area contributed by atoms with E-state index in [9.17, 15) is 4.79 Å². The monoisotopic (exact) mass is 355 g/mol. The molecule has 2 heterocycles. The average molecular weight is 355 g/mol. The summed E-state index contributed by atoms with van der Waals surface area (Å²) in [6.45, 7) is 12.0. The van der Waals surface area contributed by atoms with Crippen LogP contribution in [-0.4, -0.2) is 34.0 Å². The van der Waals surface area contributed by atoms with E-state index in [0.29, 0.717) is 5.69 Å². The summed E-state index contributed by atoms with van der Waals surface area (Å²) < 4.78 is 13.8. The first kappa shape index (κ1) is 18.7. The van der Waals surface area contributed by atoms with Gasteiger partial charge in [0.05, 0.1) is 11.2 Å². The van der Waals surface area contributed by atoms with Gasteiger partial charge in [-0.15, -0.1) is 0 Å². The van der Waals surface area contributed by atoms with Gasteiger partial charge in [-0.2, -0.15) is 5.10 Å². The first-order valence-electron chi connectivity index (χ1n) is 8.78. The lowest BCUT2D eigenvalue weighted by Gasteiger charge is -2.32. The van der Waals surface area contributed by atoms with Crippen LogP contribution in [-0.2, 0) is 16.4 Å². The van der Waals surface area contributed by atoms with E-state index in [4.69, 9.17) is 9.31 Å². The van der Waals surface area contributed by atoms with E-state index in [1.165, 1.54) is 0 Å². The summed E-state index contributed by atoms with van der Waals surface area (Å²) in [6, 6.07) is 5.80. The fourth-order valence-electron chi connectivity index (χ4n) is 2.97. The van der Waals surface area contributed by atoms with Gasteiger partial charge in [-0.05, 0) is 58.6 Å². The van der Waals surface area contributed by atoms with Crippen LogP contribution in [0, 0.1) is 13.8 Å². The third-order valence-electron chi connectivity index (χ3n) is 5.25. The summed E-state index contributed by atoms with van der Waals surface area (Å²) in [5, 5.41) is 7.15. The van der Waals surface area contributed by atoms with Crippen molar-refractivity contribution in [2.24, 2.45) is 7.05 Å². The number of hydrogen-bond acceptors (Lipinski definition) is 4. The molecule has 26 heavy (non-hydrogen) atoms. The highest BCUT2D eigenvalue weighted by molar-refractivity contribution is 6.62. The van der Waals surface area contributed by atoms with E-state index in [1.807, 2.05) is 65.9 Å². The van der Waals surface area contributed by atoms with Crippen molar-refractivity contribution in [3.05, 3.63) is 41.2 Å². The Labute approximate surface area is 155 Å². The maximum atomic E-state index is 12.5. The van der Waals surface area contributed by atoms with Crippen LogP contribution in [0.1, 0.15) is 49.3 Å². The highest BCUT2D eigenvalue weighted by Gasteiger charge is 2.51. The lowest BCUT2D eigenvalue weighted by Crippen LogP contribution is -2.41. The molecule has 1 fully saturated rings. The number of anilines is 1. The second-order valence-electron chi connectivity index (χ2n) is 7.95. The number of nitrogens with one attached hydrogen (secondary N) is 1. The van der Waals surface area contributed by atoms with Crippen LogP contribution in [0.5, 0.6) is 0 Å². The second-order valence-corrected chi connectivity index (χ2v) is 7.95. The predicted molar refractivity (Wildman–Crippen MR) is 103 cm³/mol. The zero-order valence-electron chi connectivity index (χ0n) is 16.5. The summed E-state index contributed by atoms with van der Waals surface area (Å²) in [4.78, 5) is 12.5. The number of nitrogens with zero attached hydrogens (tertiary/aromatic N) is 2. The Morgan fingerprint density at radius 2 is 1.73 bits per heavy atom. The van der Waals surface area contributed by atoms with E-state index in [1.54, 1.807) is 11.7 Å². The van der Waals surface area contributed by atoms with Crippen molar-refractivity contribution < 1.29 is 14.1 Å². The molecule has 6 nitrogen and oxygen atoms in total. The van der Waals surface area contributed by atoms with Crippen LogP contribution in [0.2, 0.25) is 0 Å². The molecule has 1 aromatic carbocycles. The lowest BCUT2D eigenvalue weighted by atomic mass is 9.78. The Balaban J connectivity index is 1.78. The minimum Gasteiger partial charge on any atom is -0.399 e. The van der Waals surface area contributed by atoms with Gasteiger partial charge < -0.3 is 14.6 Å². The second kappa shape index (κ2) is 6.25. The predicted octanol–water partition coefficient (Wildman–Crippen LogP) is 2.59. The van der Waals surface area contributed by atoms with Crippen LogP contribution in [0.15, 0.2) is 24.4 Å². The van der Waals surface area contributed by atoms with Crippen molar-refractivity contribution in [1.82, 2.24) is 9.78 Å². The van der Waals surface area contributed by atoms with Gasteiger partial charge in [-0.25, -0.2) is 0 Å². The molecule has 0 spiro atoms. The number of rotatable bonds is 3. The number of carbonyl (C=O) groups excluding carboxylic acids is 1. The number of carbonyl (C=O) groups is 1. The molecule has 0 atom stereocenters. The smallest absolute Gasteiger partial charge is 0.399 e. The van der Waals surface area contributed by atoms with Crippen molar-refractivity contribution >= 4 is 24.2 Å². The van der Waals surface area contributed by atoms with Crippen LogP contribution < -0.4 is 10.8 Å². The first-order chi connectivity index (χ1) is 12.0. The van der Waals surface area contributed by atoms with Gasteiger partial charge >= 0.3 is 7.12 Å². The van der Waals surface area contributed by atoms with Crippen molar-refractivity contribution in [1.29, 1.82) is 0 Å². The Hall–Kier alpha value is -2.12. The number of hydrogen-bond donors (Lipinski definition) is 1. The third-order valence-corrected chi connectivity index (χ3v) is 5.25. The van der Waals surface area contributed by atoms with Crippen LogP contribution in [0.4, 0.5) is 5.69 Å². The SMILES string of the molecule is Cc1cc(B2OC(C)(C)C(C)(C)O2)ccc1NC(=O)c1nn(C)cc1C. The molecule has 1 amide bonds. The molecule has 0 saturated carbocycles. The van der Waals surface area contributed by atoms with Crippen LogP contribution >= 0.6 is 0 Å². The van der Waals surface area contributed by atoms with Crippen molar-refractivity contribution in [2.75, 3.05) is 5.32 Å². The highest BCUT2D eigenvalue weighted by atomic mass is 16.7. The normalized spacial score (nSPS) is 18.2. The third kappa shape index (κ3) is 3.29. The van der Waals surface area contributed by atoms with Gasteiger partial charge in [0.15, 0.2) is 5.69 Å². The number of amides is 1. The van der Waals surface area contributed by atoms with Gasteiger partial charge in [0.2, 0.25) is 0 Å². The Morgan fingerprint density at radius 3 is 2.23 bits per heavy atom. The molecule has 1 aromatic heterocycles. The molecule has 1 N–H and O–H groups in total. The number of benzene rings is 1. The number of aromatic nitrogens is 2. The summed E-state index contributed by atoms with van der Waals surface area (Å²) in [7, 11) is 1.38. The molecule has 0 unspecified atom stereocenters. The molecule has 0 bridgehead atoms. The standard InChI is InChI=1S/C19H26BN3O3/c1-12-10-14(20-25-18(3,4)19(5,6)26-20)8-9-15(12)21-17(24)16-13(2)11-23(7)22-16/h8-11H,1-7H3,(H,21,24). The molecule has 138 valence electrons. The number of aryl methyl sites for hydroxylation is 3. The minimum atomic E-state index is -0.415. The quantitative estimate of drug-likeness (QED) is 0.860. The van der Waals surface area contributed by atoms with Gasteiger partial charge in [0, 0.05) is 24.5 Å². The van der Waals surface area contributed by atoms with Gasteiger partial charge in [-0.3, -0.25) is 9.48 Å². The average Bonchev–Trinajstić information content (AvgIpc) is 2.96. The van der Waals surface area contributed by atoms with E-state index in [2.05, 4.69) is 10.4 Å². The molecule has 0 radical (unpaired) electrons. The molecule has 0 aliphatic carbocycles. The van der Waals surface area contributed by atoms with Crippen molar-refractivity contribution in [2.45, 2.75) is 52.7 Å². The van der Waals surface area contributed by atoms with E-state index in [0.717, 1.165) is 22.3 Å². The largest absolute Gasteiger partial charge is 0.494 e. The molecule has 7 heteroatoms. The Kier molecular flexibility index (Phi) is 4.49. The fourth-order valence-corrected chi connectivity index (χ4v) is 2.97. The van der Waals surface area contributed by atoms with Crippen molar-refractivity contribution in [3.8, 4) is 0 Å². The molecular weight excluding hydrogens is 329 g/mol. The maximum Gasteiger partial charge on any atom is 0.494 e. The summed E-state index contributed by atoms with van der Waals surface area (Å²) in [5.41, 5.74) is 3.15. The van der Waals surface area contributed by atoms with Crippen LogP contribution in [0.25, 0.3) is 0 Å². The van der Waals surface area contributed by atoms with E-state index >= 15 is 0 Å². The molecular formula is C19H26BN3O3. The summed E-state index contributed by atoms with van der Waals surface area (Å²) in [5.74, 6) is -0.213. The topological polar surface area (TPSA) is 65.4 Å². The van der Waals surface area contributed by atoms with Crippen molar-refractivity contribution in [3.63, 3.8) is 0 Å². The maximum absolute atomic E-state index is 12.5. The first-order valence-corrected chi connectivity index (χ1v) is 8.78. The molecule has 1 aliphatic rings. The van der Waals surface area contributed by atoms with Gasteiger partial charge in [0.1, 0.15) is 0 Å². The fraction of sp³-hybridized carbons (Fsp3) is 0.474. The van der Waals surface area contributed by atoms with E-state index < -0.39 is 7.12 Å². The molecule has 3 rings (SSSR count). The zero-order chi connectivity index (χ0) is 19.3. The highest BCUT2D eigenvalue weighted by Crippen LogP contribution is 2.36. The summed E-state index contributed by atoms with van der Waals surface area (Å²) >= 11 is 0. The Morgan fingerprint density at radius 1 is 1.12 bits per heavy atom. The van der Waals surface area contributed by atoms with Gasteiger partial charge in [-0.1, -0.05) is 12.1 Å². The molecule has 2 aromatic rings. The van der Waals surface area contributed by atoms with Crippen LogP contribution in [0.3, 0.4) is 0 Å². The molecule has 1 aliphatic heterocycles.